The highest BCUT2D eigenvalue weighted by molar-refractivity contribution is 6.05. The molecule has 2 amide bonds. The smallest absolute Gasteiger partial charge is 0.387 e. The van der Waals surface area contributed by atoms with E-state index in [-0.39, 0.29) is 22.5 Å². The molecule has 0 fully saturated rings. The Kier molecular flexibility index (Phi) is 6.53. The molecule has 0 aliphatic heterocycles. The summed E-state index contributed by atoms with van der Waals surface area (Å²) in [5.41, 5.74) is 1.89. The van der Waals surface area contributed by atoms with Gasteiger partial charge in [-0.3, -0.25) is 14.9 Å². The molecule has 0 unspecified atom stereocenters. The maximum Gasteiger partial charge on any atom is 0.387 e. The van der Waals surface area contributed by atoms with Crippen molar-refractivity contribution in [1.82, 2.24) is 19.9 Å². The number of nitrogens with one attached hydrogen (secondary N) is 1. The van der Waals surface area contributed by atoms with Crippen molar-refractivity contribution >= 4 is 23.4 Å². The highest BCUT2D eigenvalue weighted by Crippen LogP contribution is 2.21. The number of halogens is 2. The zero-order valence-electron chi connectivity index (χ0n) is 17.4. The predicted octanol–water partition coefficient (Wildman–Crippen LogP) is 3.11. The Morgan fingerprint density at radius 3 is 2.44 bits per heavy atom. The Bertz CT molecular complexity index is 1340. The van der Waals surface area contributed by atoms with E-state index >= 15 is 0 Å². The quantitative estimate of drug-likeness (QED) is 0.417. The third kappa shape index (κ3) is 5.04. The Hall–Kier alpha value is -4.67. The van der Waals surface area contributed by atoms with Gasteiger partial charge in [-0.25, -0.2) is 14.3 Å². The minimum atomic E-state index is -3.00. The molecule has 0 spiro atoms. The predicted molar refractivity (Wildman–Crippen MR) is 114 cm³/mol. The molecule has 2 aromatic heterocycles. The first-order valence-electron chi connectivity index (χ1n) is 9.86. The van der Waals surface area contributed by atoms with Crippen molar-refractivity contribution in [3.8, 4) is 17.0 Å². The molecule has 0 aliphatic rings. The first kappa shape index (κ1) is 22.5. The minimum Gasteiger partial charge on any atom is -0.452 e. The molecule has 34 heavy (non-hydrogen) atoms. The van der Waals surface area contributed by atoms with Crippen molar-refractivity contribution in [2.75, 3.05) is 6.61 Å². The fourth-order valence-corrected chi connectivity index (χ4v) is 3.09. The van der Waals surface area contributed by atoms with Gasteiger partial charge in [0.1, 0.15) is 11.3 Å². The van der Waals surface area contributed by atoms with Gasteiger partial charge in [-0.1, -0.05) is 30.3 Å². The Morgan fingerprint density at radius 1 is 1.00 bits per heavy atom. The van der Waals surface area contributed by atoms with Gasteiger partial charge in [0.15, 0.2) is 12.3 Å². The summed E-state index contributed by atoms with van der Waals surface area (Å²) in [6.07, 6.45) is 2.81. The summed E-state index contributed by atoms with van der Waals surface area (Å²) in [6, 6.07) is 15.9. The van der Waals surface area contributed by atoms with Crippen molar-refractivity contribution in [3.63, 3.8) is 0 Å². The van der Waals surface area contributed by atoms with Crippen LogP contribution in [0.2, 0.25) is 0 Å². The molecule has 11 heteroatoms. The number of hydrogen-bond acceptors (Lipinski definition) is 7. The topological polar surface area (TPSA) is 112 Å². The molecular formula is C23H16F2N4O5. The number of fused-ring (bicyclic) bond motifs is 1. The second-order valence-corrected chi connectivity index (χ2v) is 6.85. The Balaban J connectivity index is 1.38. The number of hydrogen-bond donors (Lipinski definition) is 1. The van der Waals surface area contributed by atoms with E-state index in [2.05, 4.69) is 14.8 Å². The second-order valence-electron chi connectivity index (χ2n) is 6.85. The summed E-state index contributed by atoms with van der Waals surface area (Å²) in [6.45, 7) is -3.73. The van der Waals surface area contributed by atoms with Crippen LogP contribution in [-0.4, -0.2) is 45.6 Å². The first-order chi connectivity index (χ1) is 16.4. The summed E-state index contributed by atoms with van der Waals surface area (Å²) in [5.74, 6) is -2.65. The molecule has 0 saturated heterocycles. The molecule has 2 aromatic carbocycles. The number of aromatic nitrogens is 3. The number of ether oxygens (including phenoxy) is 2. The van der Waals surface area contributed by atoms with Crippen LogP contribution in [-0.2, 0) is 9.53 Å². The molecule has 0 aliphatic carbocycles. The monoisotopic (exact) mass is 466 g/mol. The van der Waals surface area contributed by atoms with Crippen LogP contribution in [0.4, 0.5) is 8.78 Å². The standard InChI is InChI=1S/C23H16F2N4O5/c24-23(25)34-16-8-6-15(7-9-16)21(31)28-19(30)13-33-22(32)17-12-27-29-18(10-11-26-20(17)29)14-4-2-1-3-5-14/h1-12,23H,13H2,(H,28,30,31). The summed E-state index contributed by atoms with van der Waals surface area (Å²) < 4.78 is 35.1. The summed E-state index contributed by atoms with van der Waals surface area (Å²) in [4.78, 5) is 40.8. The van der Waals surface area contributed by atoms with Gasteiger partial charge >= 0.3 is 12.6 Å². The van der Waals surface area contributed by atoms with Crippen LogP contribution in [0.1, 0.15) is 20.7 Å². The average Bonchev–Trinajstić information content (AvgIpc) is 3.27. The van der Waals surface area contributed by atoms with Gasteiger partial charge in [0.2, 0.25) is 0 Å². The zero-order chi connectivity index (χ0) is 24.1. The maximum atomic E-state index is 12.5. The van der Waals surface area contributed by atoms with Crippen LogP contribution in [0.25, 0.3) is 16.9 Å². The van der Waals surface area contributed by atoms with Crippen molar-refractivity contribution in [2.45, 2.75) is 6.61 Å². The van der Waals surface area contributed by atoms with E-state index < -0.39 is 31.0 Å². The number of imide groups is 1. The number of rotatable bonds is 7. The Morgan fingerprint density at radius 2 is 1.74 bits per heavy atom. The lowest BCUT2D eigenvalue weighted by Crippen LogP contribution is -2.34. The van der Waals surface area contributed by atoms with Crippen molar-refractivity contribution in [1.29, 1.82) is 0 Å². The molecule has 0 radical (unpaired) electrons. The molecule has 1 N–H and O–H groups in total. The van der Waals surface area contributed by atoms with Gasteiger partial charge in [-0.05, 0) is 30.3 Å². The van der Waals surface area contributed by atoms with Gasteiger partial charge in [0.25, 0.3) is 11.8 Å². The number of carbonyl (C=O) groups is 3. The van der Waals surface area contributed by atoms with Gasteiger partial charge < -0.3 is 9.47 Å². The lowest BCUT2D eigenvalue weighted by atomic mass is 10.1. The van der Waals surface area contributed by atoms with E-state index in [1.54, 1.807) is 6.07 Å². The fraction of sp³-hybridized carbons (Fsp3) is 0.0870. The van der Waals surface area contributed by atoms with Gasteiger partial charge in [-0.2, -0.15) is 13.9 Å². The van der Waals surface area contributed by atoms with Crippen LogP contribution >= 0.6 is 0 Å². The van der Waals surface area contributed by atoms with Crippen molar-refractivity contribution in [3.05, 3.63) is 84.2 Å². The van der Waals surface area contributed by atoms with Crippen LogP contribution in [0.3, 0.4) is 0 Å². The number of amides is 2. The molecule has 9 nitrogen and oxygen atoms in total. The second kappa shape index (κ2) is 9.86. The van der Waals surface area contributed by atoms with E-state index in [1.807, 2.05) is 35.6 Å². The maximum absolute atomic E-state index is 12.5. The molecular weight excluding hydrogens is 450 g/mol. The summed E-state index contributed by atoms with van der Waals surface area (Å²) in [5, 5.41) is 6.24. The number of nitrogens with zero attached hydrogens (tertiary/aromatic N) is 3. The number of esters is 1. The van der Waals surface area contributed by atoms with Gasteiger partial charge in [-0.15, -0.1) is 0 Å². The SMILES string of the molecule is O=C(COC(=O)c1cnn2c(-c3ccccc3)ccnc12)NC(=O)c1ccc(OC(F)F)cc1. The van der Waals surface area contributed by atoms with E-state index in [9.17, 15) is 23.2 Å². The minimum absolute atomic E-state index is 0.0292. The van der Waals surface area contributed by atoms with Crippen LogP contribution in [0.15, 0.2) is 73.1 Å². The third-order valence-electron chi connectivity index (χ3n) is 4.62. The zero-order valence-corrected chi connectivity index (χ0v) is 17.4. The lowest BCUT2D eigenvalue weighted by molar-refractivity contribution is -0.123. The molecule has 0 bridgehead atoms. The lowest BCUT2D eigenvalue weighted by Gasteiger charge is -2.07. The molecule has 0 atom stereocenters. The van der Waals surface area contributed by atoms with Gasteiger partial charge in [0, 0.05) is 17.3 Å². The molecule has 0 saturated carbocycles. The Labute approximate surface area is 190 Å². The third-order valence-corrected chi connectivity index (χ3v) is 4.62. The highest BCUT2D eigenvalue weighted by Gasteiger charge is 2.19. The highest BCUT2D eigenvalue weighted by atomic mass is 19.3. The number of benzene rings is 2. The van der Waals surface area contributed by atoms with Crippen LogP contribution < -0.4 is 10.1 Å². The van der Waals surface area contributed by atoms with Crippen molar-refractivity contribution < 1.29 is 32.6 Å². The van der Waals surface area contributed by atoms with Crippen LogP contribution in [0, 0.1) is 0 Å². The van der Waals surface area contributed by atoms with E-state index in [0.717, 1.165) is 17.7 Å². The molecule has 172 valence electrons. The average molecular weight is 466 g/mol. The first-order valence-corrected chi connectivity index (χ1v) is 9.86. The fourth-order valence-electron chi connectivity index (χ4n) is 3.09. The number of alkyl halides is 2. The molecule has 4 aromatic rings. The summed E-state index contributed by atoms with van der Waals surface area (Å²) in [7, 11) is 0. The summed E-state index contributed by atoms with van der Waals surface area (Å²) >= 11 is 0. The van der Waals surface area contributed by atoms with E-state index in [4.69, 9.17) is 4.74 Å². The van der Waals surface area contributed by atoms with Gasteiger partial charge in [0.05, 0.1) is 11.9 Å². The van der Waals surface area contributed by atoms with E-state index in [1.165, 1.54) is 29.0 Å². The number of carbonyl (C=O) groups excluding carboxylic acids is 3. The normalized spacial score (nSPS) is 10.8. The van der Waals surface area contributed by atoms with E-state index in [0.29, 0.717) is 5.69 Å². The largest absolute Gasteiger partial charge is 0.452 e. The molecule has 4 rings (SSSR count). The molecule has 2 heterocycles. The van der Waals surface area contributed by atoms with Crippen molar-refractivity contribution in [2.24, 2.45) is 0 Å². The van der Waals surface area contributed by atoms with Crippen LogP contribution in [0.5, 0.6) is 5.75 Å².